The molecule has 0 bridgehead atoms. The van der Waals surface area contributed by atoms with Gasteiger partial charge in [-0.3, -0.25) is 0 Å². The summed E-state index contributed by atoms with van der Waals surface area (Å²) in [6.07, 6.45) is 9.09. The van der Waals surface area contributed by atoms with Crippen molar-refractivity contribution in [2.75, 3.05) is 0 Å². The third-order valence-corrected chi connectivity index (χ3v) is 3.69. The van der Waals surface area contributed by atoms with Crippen LogP contribution in [0.1, 0.15) is 58.8 Å². The van der Waals surface area contributed by atoms with E-state index in [1.807, 2.05) is 0 Å². The van der Waals surface area contributed by atoms with Gasteiger partial charge in [0.15, 0.2) is 0 Å². The highest BCUT2D eigenvalue weighted by Crippen LogP contribution is 2.34. The number of hydrogen-bond donors (Lipinski definition) is 0. The van der Waals surface area contributed by atoms with Crippen LogP contribution in [0.15, 0.2) is 0 Å². The molecular weight excluding hydrogens is 170 g/mol. The van der Waals surface area contributed by atoms with Gasteiger partial charge in [0.1, 0.15) is 0 Å². The molecule has 1 saturated carbocycles. The Balaban J connectivity index is 2.52. The van der Waals surface area contributed by atoms with Crippen molar-refractivity contribution in [3.05, 3.63) is 0 Å². The molecule has 1 rings (SSSR count). The van der Waals surface area contributed by atoms with E-state index in [1.165, 1.54) is 38.5 Å². The van der Waals surface area contributed by atoms with Crippen molar-refractivity contribution in [2.24, 2.45) is 17.8 Å². The molecule has 0 amide bonds. The summed E-state index contributed by atoms with van der Waals surface area (Å²) < 4.78 is 0. The molecule has 0 saturated heterocycles. The lowest BCUT2D eigenvalue weighted by Gasteiger charge is -2.27. The minimum atomic E-state index is 0.651. The van der Waals surface area contributed by atoms with E-state index in [0.717, 1.165) is 12.3 Å². The second-order valence-electron chi connectivity index (χ2n) is 5.02. The zero-order valence-electron chi connectivity index (χ0n) is 9.63. The highest BCUT2D eigenvalue weighted by atomic mass is 14.3. The fourth-order valence-electron chi connectivity index (χ4n) is 2.79. The van der Waals surface area contributed by atoms with Gasteiger partial charge in [-0.15, -0.1) is 0 Å². The molecule has 0 aromatic heterocycles. The van der Waals surface area contributed by atoms with Crippen molar-refractivity contribution in [2.45, 2.75) is 58.8 Å². The summed E-state index contributed by atoms with van der Waals surface area (Å²) in [5.41, 5.74) is 0. The van der Waals surface area contributed by atoms with Crippen LogP contribution in [0.4, 0.5) is 0 Å². The molecule has 1 aliphatic rings. The van der Waals surface area contributed by atoms with Gasteiger partial charge in [0.2, 0.25) is 0 Å². The monoisotopic (exact) mass is 193 g/mol. The summed E-state index contributed by atoms with van der Waals surface area (Å²) in [4.78, 5) is 0. The Labute approximate surface area is 88.5 Å². The van der Waals surface area contributed by atoms with Crippen molar-refractivity contribution in [1.29, 1.82) is 5.26 Å². The normalized spacial score (nSPS) is 21.6. The molecule has 14 heavy (non-hydrogen) atoms. The van der Waals surface area contributed by atoms with E-state index in [0.29, 0.717) is 11.8 Å². The Bertz CT molecular complexity index is 182. The molecule has 0 spiro atoms. The number of hydrogen-bond acceptors (Lipinski definition) is 1. The Kier molecular flexibility index (Phi) is 5.01. The molecule has 1 aliphatic carbocycles. The van der Waals surface area contributed by atoms with Crippen molar-refractivity contribution >= 4 is 0 Å². The van der Waals surface area contributed by atoms with E-state index in [4.69, 9.17) is 5.26 Å². The Morgan fingerprint density at radius 1 is 1.14 bits per heavy atom. The largest absolute Gasteiger partial charge is 0.198 e. The topological polar surface area (TPSA) is 23.8 Å². The SMILES string of the molecule is CC(C)C(CC#N)C1CCCCCC1. The molecule has 0 radical (unpaired) electrons. The molecule has 0 aliphatic heterocycles. The summed E-state index contributed by atoms with van der Waals surface area (Å²) in [6.45, 7) is 4.54. The van der Waals surface area contributed by atoms with E-state index in [2.05, 4.69) is 19.9 Å². The second kappa shape index (κ2) is 6.06. The molecule has 1 fully saturated rings. The smallest absolute Gasteiger partial charge is 0.0624 e. The lowest BCUT2D eigenvalue weighted by molar-refractivity contribution is 0.233. The van der Waals surface area contributed by atoms with E-state index in [9.17, 15) is 0 Å². The molecule has 0 aromatic carbocycles. The van der Waals surface area contributed by atoms with E-state index >= 15 is 0 Å². The zero-order valence-corrected chi connectivity index (χ0v) is 9.63. The first-order chi connectivity index (χ1) is 6.75. The average molecular weight is 193 g/mol. The Hall–Kier alpha value is -0.510. The molecule has 0 N–H and O–H groups in total. The minimum Gasteiger partial charge on any atom is -0.198 e. The highest BCUT2D eigenvalue weighted by Gasteiger charge is 2.24. The van der Waals surface area contributed by atoms with Gasteiger partial charge in [-0.2, -0.15) is 5.26 Å². The molecule has 1 atom stereocenters. The van der Waals surface area contributed by atoms with Crippen molar-refractivity contribution < 1.29 is 0 Å². The van der Waals surface area contributed by atoms with Crippen LogP contribution in [0.25, 0.3) is 0 Å². The van der Waals surface area contributed by atoms with Crippen molar-refractivity contribution in [3.63, 3.8) is 0 Å². The molecule has 1 unspecified atom stereocenters. The molecular formula is C13H23N. The lowest BCUT2D eigenvalue weighted by Crippen LogP contribution is -2.19. The fourth-order valence-corrected chi connectivity index (χ4v) is 2.79. The summed E-state index contributed by atoms with van der Waals surface area (Å²) in [6, 6.07) is 2.37. The first-order valence-corrected chi connectivity index (χ1v) is 6.12. The van der Waals surface area contributed by atoms with Gasteiger partial charge in [0, 0.05) is 6.42 Å². The second-order valence-corrected chi connectivity index (χ2v) is 5.02. The molecule has 1 heteroatoms. The molecule has 0 heterocycles. The summed E-state index contributed by atoms with van der Waals surface area (Å²) in [7, 11) is 0. The van der Waals surface area contributed by atoms with E-state index in [1.54, 1.807) is 0 Å². The minimum absolute atomic E-state index is 0.651. The standard InChI is InChI=1S/C13H23N/c1-11(2)13(9-10-14)12-7-5-3-4-6-8-12/h11-13H,3-9H2,1-2H3. The van der Waals surface area contributed by atoms with Crippen LogP contribution >= 0.6 is 0 Å². The van der Waals surface area contributed by atoms with Gasteiger partial charge in [0.05, 0.1) is 6.07 Å². The van der Waals surface area contributed by atoms with Gasteiger partial charge >= 0.3 is 0 Å². The number of rotatable bonds is 3. The summed E-state index contributed by atoms with van der Waals surface area (Å²) >= 11 is 0. The van der Waals surface area contributed by atoms with Gasteiger partial charge in [-0.1, -0.05) is 52.4 Å². The van der Waals surface area contributed by atoms with Gasteiger partial charge in [-0.25, -0.2) is 0 Å². The van der Waals surface area contributed by atoms with Gasteiger partial charge < -0.3 is 0 Å². The zero-order chi connectivity index (χ0) is 10.4. The fraction of sp³-hybridized carbons (Fsp3) is 0.923. The van der Waals surface area contributed by atoms with Crippen LogP contribution in [0, 0.1) is 29.1 Å². The van der Waals surface area contributed by atoms with Crippen LogP contribution in [0.2, 0.25) is 0 Å². The highest BCUT2D eigenvalue weighted by molar-refractivity contribution is 4.83. The summed E-state index contributed by atoms with van der Waals surface area (Å²) in [5.74, 6) is 2.16. The van der Waals surface area contributed by atoms with Crippen LogP contribution in [-0.2, 0) is 0 Å². The first kappa shape index (κ1) is 11.6. The molecule has 80 valence electrons. The third-order valence-electron chi connectivity index (χ3n) is 3.69. The Morgan fingerprint density at radius 3 is 2.14 bits per heavy atom. The maximum Gasteiger partial charge on any atom is 0.0624 e. The molecule has 0 aromatic rings. The number of nitrogens with zero attached hydrogens (tertiary/aromatic N) is 1. The van der Waals surface area contributed by atoms with Crippen LogP contribution in [-0.4, -0.2) is 0 Å². The van der Waals surface area contributed by atoms with Crippen LogP contribution in [0.3, 0.4) is 0 Å². The predicted molar refractivity (Wildman–Crippen MR) is 59.8 cm³/mol. The lowest BCUT2D eigenvalue weighted by atomic mass is 9.77. The van der Waals surface area contributed by atoms with Crippen molar-refractivity contribution in [1.82, 2.24) is 0 Å². The molecule has 1 nitrogen and oxygen atoms in total. The quantitative estimate of drug-likeness (QED) is 0.618. The van der Waals surface area contributed by atoms with Crippen LogP contribution < -0.4 is 0 Å². The predicted octanol–water partition coefficient (Wildman–Crippen LogP) is 4.14. The van der Waals surface area contributed by atoms with Gasteiger partial charge in [-0.05, 0) is 17.8 Å². The van der Waals surface area contributed by atoms with Crippen LogP contribution in [0.5, 0.6) is 0 Å². The van der Waals surface area contributed by atoms with E-state index in [-0.39, 0.29) is 0 Å². The first-order valence-electron chi connectivity index (χ1n) is 6.12. The van der Waals surface area contributed by atoms with E-state index < -0.39 is 0 Å². The third kappa shape index (κ3) is 3.33. The maximum absolute atomic E-state index is 8.84. The number of nitriles is 1. The summed E-state index contributed by atoms with van der Waals surface area (Å²) in [5, 5.41) is 8.84. The van der Waals surface area contributed by atoms with Crippen molar-refractivity contribution in [3.8, 4) is 6.07 Å². The average Bonchev–Trinajstić information content (AvgIpc) is 2.41. The maximum atomic E-state index is 8.84. The Morgan fingerprint density at radius 2 is 1.71 bits per heavy atom. The van der Waals surface area contributed by atoms with Gasteiger partial charge in [0.25, 0.3) is 0 Å².